The Kier molecular flexibility index (Phi) is 3.65. The van der Waals surface area contributed by atoms with E-state index in [4.69, 9.17) is 5.11 Å². The first-order chi connectivity index (χ1) is 9.47. The van der Waals surface area contributed by atoms with Crippen LogP contribution in [0, 0.1) is 6.92 Å². The first-order valence-electron chi connectivity index (χ1n) is 5.76. The third kappa shape index (κ3) is 2.92. The van der Waals surface area contributed by atoms with Gasteiger partial charge < -0.3 is 15.5 Å². The largest absolute Gasteiger partial charge is 0.508 e. The van der Waals surface area contributed by atoms with Crippen molar-refractivity contribution in [3.8, 4) is 5.75 Å². The number of rotatable bonds is 3. The molecule has 20 heavy (non-hydrogen) atoms. The molecule has 0 fully saturated rings. The van der Waals surface area contributed by atoms with Gasteiger partial charge in [-0.25, -0.2) is 4.79 Å². The van der Waals surface area contributed by atoms with Crippen molar-refractivity contribution in [2.24, 2.45) is 0 Å². The van der Waals surface area contributed by atoms with Crippen molar-refractivity contribution in [1.29, 1.82) is 0 Å². The standard InChI is InChI=1S/C14H12N2O4/c1-8-2-3-9(5-12(8)17)13(18)16-11-4-10(14(19)20)6-15-7-11/h2-7,17H,1H3,(H,16,18)(H,19,20). The van der Waals surface area contributed by atoms with Gasteiger partial charge in [-0.15, -0.1) is 0 Å². The Balaban J connectivity index is 2.21. The van der Waals surface area contributed by atoms with Crippen LogP contribution in [0.15, 0.2) is 36.7 Å². The SMILES string of the molecule is Cc1ccc(C(=O)Nc2cncc(C(=O)O)c2)cc1O. The van der Waals surface area contributed by atoms with Crippen LogP contribution >= 0.6 is 0 Å². The number of anilines is 1. The fourth-order valence-corrected chi connectivity index (χ4v) is 1.58. The first kappa shape index (κ1) is 13.5. The van der Waals surface area contributed by atoms with E-state index in [2.05, 4.69) is 10.3 Å². The van der Waals surface area contributed by atoms with Crippen molar-refractivity contribution < 1.29 is 19.8 Å². The summed E-state index contributed by atoms with van der Waals surface area (Å²) in [6, 6.07) is 5.84. The molecule has 2 aromatic rings. The molecule has 1 amide bonds. The summed E-state index contributed by atoms with van der Waals surface area (Å²) in [5, 5.41) is 20.9. The van der Waals surface area contributed by atoms with Gasteiger partial charge in [-0.3, -0.25) is 9.78 Å². The van der Waals surface area contributed by atoms with Crippen LogP contribution in [0.4, 0.5) is 5.69 Å². The third-order valence-corrected chi connectivity index (χ3v) is 2.71. The average Bonchev–Trinajstić information content (AvgIpc) is 2.42. The highest BCUT2D eigenvalue weighted by Crippen LogP contribution is 2.18. The Labute approximate surface area is 114 Å². The zero-order valence-corrected chi connectivity index (χ0v) is 10.6. The smallest absolute Gasteiger partial charge is 0.337 e. The minimum absolute atomic E-state index is 0.0189. The molecule has 1 aromatic carbocycles. The summed E-state index contributed by atoms with van der Waals surface area (Å²) < 4.78 is 0. The van der Waals surface area contributed by atoms with Gasteiger partial charge in [0.1, 0.15) is 5.75 Å². The van der Waals surface area contributed by atoms with Crippen LogP contribution in [0.25, 0.3) is 0 Å². The number of aromatic nitrogens is 1. The molecule has 0 aliphatic carbocycles. The van der Waals surface area contributed by atoms with E-state index in [1.54, 1.807) is 19.1 Å². The van der Waals surface area contributed by atoms with E-state index in [1.165, 1.54) is 24.5 Å². The first-order valence-corrected chi connectivity index (χ1v) is 5.76. The normalized spacial score (nSPS) is 10.1. The van der Waals surface area contributed by atoms with Crippen molar-refractivity contribution in [1.82, 2.24) is 4.98 Å². The Morgan fingerprint density at radius 3 is 2.55 bits per heavy atom. The summed E-state index contributed by atoms with van der Waals surface area (Å²) in [5.74, 6) is -1.55. The van der Waals surface area contributed by atoms with E-state index in [1.807, 2.05) is 0 Å². The minimum atomic E-state index is -1.12. The number of aromatic carboxylic acids is 1. The lowest BCUT2D eigenvalue weighted by atomic mass is 10.1. The van der Waals surface area contributed by atoms with E-state index >= 15 is 0 Å². The topological polar surface area (TPSA) is 99.5 Å². The number of carbonyl (C=O) groups is 2. The van der Waals surface area contributed by atoms with Gasteiger partial charge in [-0.1, -0.05) is 6.07 Å². The fourth-order valence-electron chi connectivity index (χ4n) is 1.58. The third-order valence-electron chi connectivity index (χ3n) is 2.71. The molecule has 0 aliphatic heterocycles. The predicted molar refractivity (Wildman–Crippen MR) is 72.0 cm³/mol. The number of carboxylic acid groups (broad SMARTS) is 1. The lowest BCUT2D eigenvalue weighted by Crippen LogP contribution is -2.12. The molecule has 6 nitrogen and oxygen atoms in total. The van der Waals surface area contributed by atoms with Gasteiger partial charge in [0.2, 0.25) is 0 Å². The van der Waals surface area contributed by atoms with Gasteiger partial charge in [0.05, 0.1) is 17.4 Å². The molecule has 1 aromatic heterocycles. The molecular formula is C14H12N2O4. The Bertz CT molecular complexity index is 683. The summed E-state index contributed by atoms with van der Waals surface area (Å²) in [7, 11) is 0. The lowest BCUT2D eigenvalue weighted by molar-refractivity contribution is 0.0696. The molecule has 2 rings (SSSR count). The predicted octanol–water partition coefficient (Wildman–Crippen LogP) is 2.05. The number of aromatic hydroxyl groups is 1. The average molecular weight is 272 g/mol. The van der Waals surface area contributed by atoms with Gasteiger partial charge in [-0.2, -0.15) is 0 Å². The number of hydrogen-bond acceptors (Lipinski definition) is 4. The van der Waals surface area contributed by atoms with Crippen molar-refractivity contribution in [2.45, 2.75) is 6.92 Å². The summed E-state index contributed by atoms with van der Waals surface area (Å²) in [6.07, 6.45) is 2.54. The number of nitrogens with zero attached hydrogens (tertiary/aromatic N) is 1. The van der Waals surface area contributed by atoms with Gasteiger partial charge in [-0.05, 0) is 30.7 Å². The van der Waals surface area contributed by atoms with Crippen LogP contribution in [-0.4, -0.2) is 27.1 Å². The zero-order valence-electron chi connectivity index (χ0n) is 10.6. The van der Waals surface area contributed by atoms with Crippen molar-refractivity contribution >= 4 is 17.6 Å². The van der Waals surface area contributed by atoms with E-state index in [0.717, 1.165) is 0 Å². The Morgan fingerprint density at radius 1 is 1.15 bits per heavy atom. The lowest BCUT2D eigenvalue weighted by Gasteiger charge is -2.07. The minimum Gasteiger partial charge on any atom is -0.508 e. The molecular weight excluding hydrogens is 260 g/mol. The highest BCUT2D eigenvalue weighted by molar-refractivity contribution is 6.05. The van der Waals surface area contributed by atoms with E-state index < -0.39 is 11.9 Å². The number of carbonyl (C=O) groups excluding carboxylic acids is 1. The van der Waals surface area contributed by atoms with Gasteiger partial charge in [0.25, 0.3) is 5.91 Å². The maximum absolute atomic E-state index is 12.0. The second-order valence-electron chi connectivity index (χ2n) is 4.22. The number of pyridine rings is 1. The van der Waals surface area contributed by atoms with Crippen molar-refractivity contribution in [2.75, 3.05) is 5.32 Å². The summed E-state index contributed by atoms with van der Waals surface area (Å²) >= 11 is 0. The second-order valence-corrected chi connectivity index (χ2v) is 4.22. The molecule has 0 radical (unpaired) electrons. The van der Waals surface area contributed by atoms with Crippen LogP contribution < -0.4 is 5.32 Å². The van der Waals surface area contributed by atoms with E-state index in [0.29, 0.717) is 5.56 Å². The van der Waals surface area contributed by atoms with Crippen LogP contribution in [0.1, 0.15) is 26.3 Å². The number of benzene rings is 1. The summed E-state index contributed by atoms with van der Waals surface area (Å²) in [6.45, 7) is 1.72. The molecule has 0 saturated heterocycles. The second kappa shape index (κ2) is 5.40. The molecule has 6 heteroatoms. The highest BCUT2D eigenvalue weighted by Gasteiger charge is 2.10. The van der Waals surface area contributed by atoms with Gasteiger partial charge in [0.15, 0.2) is 0 Å². The molecule has 1 heterocycles. The van der Waals surface area contributed by atoms with E-state index in [9.17, 15) is 14.7 Å². The van der Waals surface area contributed by atoms with Crippen LogP contribution in [0.5, 0.6) is 5.75 Å². The van der Waals surface area contributed by atoms with Crippen LogP contribution in [0.2, 0.25) is 0 Å². The molecule has 0 aliphatic rings. The molecule has 3 N–H and O–H groups in total. The molecule has 102 valence electrons. The number of carboxylic acids is 1. The summed E-state index contributed by atoms with van der Waals surface area (Å²) in [4.78, 5) is 26.5. The maximum atomic E-state index is 12.0. The monoisotopic (exact) mass is 272 g/mol. The van der Waals surface area contributed by atoms with Crippen molar-refractivity contribution in [3.63, 3.8) is 0 Å². The number of amides is 1. The Hall–Kier alpha value is -2.89. The number of nitrogens with one attached hydrogen (secondary N) is 1. The number of phenolic OH excluding ortho intramolecular Hbond substituents is 1. The maximum Gasteiger partial charge on any atom is 0.337 e. The Morgan fingerprint density at radius 2 is 1.90 bits per heavy atom. The highest BCUT2D eigenvalue weighted by atomic mass is 16.4. The number of aryl methyl sites for hydroxylation is 1. The molecule has 0 atom stereocenters. The van der Waals surface area contributed by atoms with Crippen LogP contribution in [-0.2, 0) is 0 Å². The van der Waals surface area contributed by atoms with Crippen molar-refractivity contribution in [3.05, 3.63) is 53.3 Å². The number of phenols is 1. The quantitative estimate of drug-likeness (QED) is 0.794. The zero-order chi connectivity index (χ0) is 14.7. The van der Waals surface area contributed by atoms with E-state index in [-0.39, 0.29) is 22.6 Å². The summed E-state index contributed by atoms with van der Waals surface area (Å²) in [5.41, 5.74) is 1.19. The fraction of sp³-hybridized carbons (Fsp3) is 0.0714. The molecule has 0 bridgehead atoms. The van der Waals surface area contributed by atoms with Gasteiger partial charge >= 0.3 is 5.97 Å². The molecule has 0 saturated carbocycles. The molecule has 0 unspecified atom stereocenters. The van der Waals surface area contributed by atoms with Gasteiger partial charge in [0, 0.05) is 11.8 Å². The van der Waals surface area contributed by atoms with Crippen LogP contribution in [0.3, 0.4) is 0 Å². The number of hydrogen-bond donors (Lipinski definition) is 3. The molecule has 0 spiro atoms.